The first-order valence-corrected chi connectivity index (χ1v) is 6.26. The van der Waals surface area contributed by atoms with Gasteiger partial charge in [0.1, 0.15) is 12.1 Å². The number of hydrogen-bond donors (Lipinski definition) is 2. The molecule has 0 fully saturated rings. The highest BCUT2D eigenvalue weighted by Gasteiger charge is 2.08. The Labute approximate surface area is 118 Å². The number of anilines is 2. The van der Waals surface area contributed by atoms with Crippen molar-refractivity contribution in [3.8, 4) is 11.5 Å². The second kappa shape index (κ2) is 6.60. The maximum atomic E-state index is 5.72. The van der Waals surface area contributed by atoms with E-state index < -0.39 is 0 Å². The number of nitrogens with one attached hydrogen (secondary N) is 1. The zero-order chi connectivity index (χ0) is 14.4. The largest absolute Gasteiger partial charge is 0.497 e. The Balaban J connectivity index is 1.94. The van der Waals surface area contributed by atoms with Gasteiger partial charge in [0.2, 0.25) is 5.75 Å². The molecule has 20 heavy (non-hydrogen) atoms. The van der Waals surface area contributed by atoms with E-state index in [4.69, 9.17) is 15.2 Å². The smallest absolute Gasteiger partial charge is 0.203 e. The van der Waals surface area contributed by atoms with E-state index in [-0.39, 0.29) is 0 Å². The minimum atomic E-state index is 0.328. The van der Waals surface area contributed by atoms with Crippen LogP contribution in [0.15, 0.2) is 30.6 Å². The van der Waals surface area contributed by atoms with Gasteiger partial charge in [-0.3, -0.25) is 0 Å². The Morgan fingerprint density at radius 1 is 1.10 bits per heavy atom. The lowest BCUT2D eigenvalue weighted by Gasteiger charge is -2.11. The summed E-state index contributed by atoms with van der Waals surface area (Å²) in [6, 6.07) is 7.95. The third kappa shape index (κ3) is 3.28. The number of nitrogens with two attached hydrogens (primary N) is 1. The van der Waals surface area contributed by atoms with Crippen molar-refractivity contribution in [2.75, 3.05) is 31.8 Å². The molecule has 1 aromatic heterocycles. The van der Waals surface area contributed by atoms with Gasteiger partial charge in [-0.1, -0.05) is 12.1 Å². The zero-order valence-electron chi connectivity index (χ0n) is 11.6. The highest BCUT2D eigenvalue weighted by atomic mass is 16.5. The summed E-state index contributed by atoms with van der Waals surface area (Å²) in [5.74, 6) is 2.26. The van der Waals surface area contributed by atoms with Crippen molar-refractivity contribution in [1.29, 1.82) is 0 Å². The molecule has 2 aromatic rings. The first-order chi connectivity index (χ1) is 9.74. The second-order valence-corrected chi connectivity index (χ2v) is 4.17. The molecule has 0 radical (unpaired) electrons. The molecule has 3 N–H and O–H groups in total. The average Bonchev–Trinajstić information content (AvgIpc) is 2.48. The lowest BCUT2D eigenvalue weighted by atomic mass is 10.1. The molecular weight excluding hydrogens is 256 g/mol. The summed E-state index contributed by atoms with van der Waals surface area (Å²) in [5.41, 5.74) is 6.92. The second-order valence-electron chi connectivity index (χ2n) is 4.17. The minimum Gasteiger partial charge on any atom is -0.497 e. The van der Waals surface area contributed by atoms with Crippen molar-refractivity contribution >= 4 is 11.6 Å². The molecule has 0 amide bonds. The number of hydrogen-bond acceptors (Lipinski definition) is 6. The Morgan fingerprint density at radius 3 is 2.50 bits per heavy atom. The van der Waals surface area contributed by atoms with Crippen LogP contribution >= 0.6 is 0 Å². The number of benzene rings is 1. The van der Waals surface area contributed by atoms with Gasteiger partial charge < -0.3 is 20.5 Å². The van der Waals surface area contributed by atoms with Crippen LogP contribution in [0.3, 0.4) is 0 Å². The summed E-state index contributed by atoms with van der Waals surface area (Å²) in [5, 5.41) is 3.19. The summed E-state index contributed by atoms with van der Waals surface area (Å²) < 4.78 is 10.3. The van der Waals surface area contributed by atoms with Crippen LogP contribution in [0, 0.1) is 0 Å². The number of rotatable bonds is 6. The van der Waals surface area contributed by atoms with Gasteiger partial charge in [0.25, 0.3) is 0 Å². The van der Waals surface area contributed by atoms with Gasteiger partial charge in [-0.25, -0.2) is 9.97 Å². The van der Waals surface area contributed by atoms with Crippen molar-refractivity contribution in [2.45, 2.75) is 6.42 Å². The van der Waals surface area contributed by atoms with Crippen LogP contribution in [0.2, 0.25) is 0 Å². The maximum Gasteiger partial charge on any atom is 0.203 e. The van der Waals surface area contributed by atoms with Crippen LogP contribution in [0.25, 0.3) is 0 Å². The van der Waals surface area contributed by atoms with Crippen molar-refractivity contribution in [3.05, 3.63) is 36.2 Å². The molecule has 0 aliphatic carbocycles. The fraction of sp³-hybridized carbons (Fsp3) is 0.286. The summed E-state index contributed by atoms with van der Waals surface area (Å²) in [6.45, 7) is 0.721. The Morgan fingerprint density at radius 2 is 1.85 bits per heavy atom. The van der Waals surface area contributed by atoms with E-state index in [1.807, 2.05) is 24.3 Å². The minimum absolute atomic E-state index is 0.328. The fourth-order valence-corrected chi connectivity index (χ4v) is 1.83. The highest BCUT2D eigenvalue weighted by Crippen LogP contribution is 2.26. The van der Waals surface area contributed by atoms with E-state index in [0.717, 1.165) is 18.7 Å². The van der Waals surface area contributed by atoms with E-state index in [1.54, 1.807) is 14.2 Å². The van der Waals surface area contributed by atoms with E-state index >= 15 is 0 Å². The SMILES string of the molecule is COc1ccc(CCNc2ncnc(N)c2OC)cc1. The van der Waals surface area contributed by atoms with E-state index in [1.165, 1.54) is 11.9 Å². The maximum absolute atomic E-state index is 5.72. The lowest BCUT2D eigenvalue weighted by Crippen LogP contribution is -2.09. The van der Waals surface area contributed by atoms with E-state index in [2.05, 4.69) is 15.3 Å². The van der Waals surface area contributed by atoms with Crippen molar-refractivity contribution < 1.29 is 9.47 Å². The molecular formula is C14H18N4O2. The molecule has 1 heterocycles. The molecule has 0 spiro atoms. The molecule has 6 heteroatoms. The van der Waals surface area contributed by atoms with Gasteiger partial charge in [0, 0.05) is 6.54 Å². The van der Waals surface area contributed by atoms with Crippen LogP contribution in [-0.4, -0.2) is 30.7 Å². The number of nitrogen functional groups attached to an aromatic ring is 1. The monoisotopic (exact) mass is 274 g/mol. The first-order valence-electron chi connectivity index (χ1n) is 6.26. The van der Waals surface area contributed by atoms with Crippen molar-refractivity contribution in [3.63, 3.8) is 0 Å². The fourth-order valence-electron chi connectivity index (χ4n) is 1.83. The molecule has 0 aliphatic heterocycles. The van der Waals surface area contributed by atoms with Gasteiger partial charge >= 0.3 is 0 Å². The summed E-state index contributed by atoms with van der Waals surface area (Å²) in [7, 11) is 3.20. The third-order valence-corrected chi connectivity index (χ3v) is 2.90. The predicted octanol–water partition coefficient (Wildman–Crippen LogP) is 1.73. The van der Waals surface area contributed by atoms with Gasteiger partial charge in [-0.2, -0.15) is 0 Å². The van der Waals surface area contributed by atoms with Crippen LogP contribution < -0.4 is 20.5 Å². The quantitative estimate of drug-likeness (QED) is 0.834. The topological polar surface area (TPSA) is 82.3 Å². The molecule has 0 atom stereocenters. The molecule has 2 rings (SSSR count). The number of nitrogens with zero attached hydrogens (tertiary/aromatic N) is 2. The van der Waals surface area contributed by atoms with Crippen LogP contribution in [-0.2, 0) is 6.42 Å². The molecule has 0 aliphatic rings. The van der Waals surface area contributed by atoms with Gasteiger partial charge in [-0.15, -0.1) is 0 Å². The average molecular weight is 274 g/mol. The zero-order valence-corrected chi connectivity index (χ0v) is 11.6. The van der Waals surface area contributed by atoms with Crippen molar-refractivity contribution in [2.24, 2.45) is 0 Å². The van der Waals surface area contributed by atoms with Gasteiger partial charge in [-0.05, 0) is 24.1 Å². The first kappa shape index (κ1) is 13.9. The number of methoxy groups -OCH3 is 2. The Hall–Kier alpha value is -2.50. The third-order valence-electron chi connectivity index (χ3n) is 2.90. The molecule has 0 unspecified atom stereocenters. The summed E-state index contributed by atoms with van der Waals surface area (Å²) >= 11 is 0. The normalized spacial score (nSPS) is 10.1. The Bertz CT molecular complexity index is 558. The molecule has 6 nitrogen and oxygen atoms in total. The summed E-state index contributed by atoms with van der Waals surface area (Å²) in [4.78, 5) is 8.01. The lowest BCUT2D eigenvalue weighted by molar-refractivity contribution is 0.414. The Kier molecular flexibility index (Phi) is 4.60. The van der Waals surface area contributed by atoms with Gasteiger partial charge in [0.05, 0.1) is 14.2 Å². The molecule has 0 bridgehead atoms. The predicted molar refractivity (Wildman–Crippen MR) is 78.2 cm³/mol. The summed E-state index contributed by atoms with van der Waals surface area (Å²) in [6.07, 6.45) is 2.27. The number of ether oxygens (including phenoxy) is 2. The van der Waals surface area contributed by atoms with E-state index in [9.17, 15) is 0 Å². The molecule has 0 saturated heterocycles. The van der Waals surface area contributed by atoms with Gasteiger partial charge in [0.15, 0.2) is 11.6 Å². The van der Waals surface area contributed by atoms with Crippen molar-refractivity contribution in [1.82, 2.24) is 9.97 Å². The van der Waals surface area contributed by atoms with E-state index in [0.29, 0.717) is 17.4 Å². The molecule has 106 valence electrons. The standard InChI is InChI=1S/C14H18N4O2/c1-19-11-5-3-10(4-6-11)7-8-16-14-12(20-2)13(15)17-9-18-14/h3-6,9H,7-8H2,1-2H3,(H3,15,16,17,18). The van der Waals surface area contributed by atoms with Crippen LogP contribution in [0.4, 0.5) is 11.6 Å². The van der Waals surface area contributed by atoms with Crippen LogP contribution in [0.5, 0.6) is 11.5 Å². The molecule has 1 aromatic carbocycles. The molecule has 0 saturated carbocycles. The number of aromatic nitrogens is 2. The highest BCUT2D eigenvalue weighted by molar-refractivity contribution is 5.61. The van der Waals surface area contributed by atoms with Crippen LogP contribution in [0.1, 0.15) is 5.56 Å².